The van der Waals surface area contributed by atoms with E-state index in [1.54, 1.807) is 0 Å². The van der Waals surface area contributed by atoms with E-state index in [1.807, 2.05) is 36.9 Å². The van der Waals surface area contributed by atoms with Crippen molar-refractivity contribution in [2.45, 2.75) is 33.7 Å². The van der Waals surface area contributed by atoms with Crippen molar-refractivity contribution < 1.29 is 0 Å². The van der Waals surface area contributed by atoms with Gasteiger partial charge >= 0.3 is 0 Å². The highest BCUT2D eigenvalue weighted by Gasteiger charge is 2.03. The lowest BCUT2D eigenvalue weighted by molar-refractivity contribution is 0.748. The highest BCUT2D eigenvalue weighted by atomic mass is 32.2. The Kier molecular flexibility index (Phi) is 5.67. The molecule has 1 aromatic rings. The Hall–Kier alpha value is -0.700. The number of nitrogens with zero attached hydrogens (tertiary/aromatic N) is 1. The molecule has 1 unspecified atom stereocenters. The van der Waals surface area contributed by atoms with Crippen LogP contribution < -0.4 is 5.32 Å². The van der Waals surface area contributed by atoms with Crippen LogP contribution in [0.15, 0.2) is 18.2 Å². The van der Waals surface area contributed by atoms with Gasteiger partial charge in [-0.2, -0.15) is 11.8 Å². The molecular weight excluding hydrogens is 216 g/mol. The summed E-state index contributed by atoms with van der Waals surface area (Å²) in [5.74, 6) is 4.12. The predicted molar refractivity (Wildman–Crippen MR) is 74.2 cm³/mol. The smallest absolute Gasteiger partial charge is 0.126 e. The molecule has 0 saturated heterocycles. The molecule has 1 atom stereocenters. The van der Waals surface area contributed by atoms with E-state index < -0.39 is 0 Å². The van der Waals surface area contributed by atoms with Gasteiger partial charge in [-0.05, 0) is 37.7 Å². The Bertz CT molecular complexity index is 313. The zero-order valence-corrected chi connectivity index (χ0v) is 11.5. The zero-order valence-electron chi connectivity index (χ0n) is 10.7. The first-order valence-corrected chi connectivity index (χ1v) is 7.01. The fourth-order valence-corrected chi connectivity index (χ4v) is 2.44. The van der Waals surface area contributed by atoms with Crippen LogP contribution in [0.4, 0.5) is 5.82 Å². The van der Waals surface area contributed by atoms with Crippen molar-refractivity contribution in [3.05, 3.63) is 23.9 Å². The SMILES string of the molecule is Cc1cccc(NC(C)CSCC(C)C)n1. The summed E-state index contributed by atoms with van der Waals surface area (Å²) < 4.78 is 0. The third-order valence-electron chi connectivity index (χ3n) is 2.10. The maximum atomic E-state index is 4.44. The zero-order chi connectivity index (χ0) is 12.0. The fourth-order valence-electron chi connectivity index (χ4n) is 1.40. The van der Waals surface area contributed by atoms with E-state index in [0.29, 0.717) is 6.04 Å². The van der Waals surface area contributed by atoms with Crippen LogP contribution in [0.25, 0.3) is 0 Å². The average Bonchev–Trinajstić information content (AvgIpc) is 2.16. The van der Waals surface area contributed by atoms with Crippen LogP contribution in [0.1, 0.15) is 26.5 Å². The Morgan fingerprint density at radius 2 is 2.00 bits per heavy atom. The molecule has 0 amide bonds. The van der Waals surface area contributed by atoms with E-state index in [-0.39, 0.29) is 0 Å². The molecular formula is C13H22N2S. The molecule has 3 heteroatoms. The molecule has 0 saturated carbocycles. The fraction of sp³-hybridized carbons (Fsp3) is 0.615. The van der Waals surface area contributed by atoms with Crippen molar-refractivity contribution in [1.29, 1.82) is 0 Å². The van der Waals surface area contributed by atoms with Gasteiger partial charge in [0.1, 0.15) is 5.82 Å². The van der Waals surface area contributed by atoms with Gasteiger partial charge in [-0.3, -0.25) is 0 Å². The third kappa shape index (κ3) is 5.40. The number of hydrogen-bond acceptors (Lipinski definition) is 3. The maximum absolute atomic E-state index is 4.44. The Morgan fingerprint density at radius 1 is 1.25 bits per heavy atom. The second-order valence-electron chi connectivity index (χ2n) is 4.64. The van der Waals surface area contributed by atoms with E-state index in [0.717, 1.165) is 23.2 Å². The molecule has 0 aliphatic carbocycles. The highest BCUT2D eigenvalue weighted by Crippen LogP contribution is 2.12. The molecule has 0 aliphatic rings. The molecule has 0 spiro atoms. The first-order chi connectivity index (χ1) is 7.58. The van der Waals surface area contributed by atoms with Crippen LogP contribution in [0.2, 0.25) is 0 Å². The minimum Gasteiger partial charge on any atom is -0.367 e. The lowest BCUT2D eigenvalue weighted by atomic mass is 10.3. The highest BCUT2D eigenvalue weighted by molar-refractivity contribution is 7.99. The molecule has 1 rings (SSSR count). The predicted octanol–water partition coefficient (Wildman–Crippen LogP) is 3.58. The molecule has 16 heavy (non-hydrogen) atoms. The Labute approximate surface area is 103 Å². The third-order valence-corrected chi connectivity index (χ3v) is 3.74. The maximum Gasteiger partial charge on any atom is 0.126 e. The van der Waals surface area contributed by atoms with Crippen molar-refractivity contribution in [3.63, 3.8) is 0 Å². The Morgan fingerprint density at radius 3 is 2.62 bits per heavy atom. The number of aryl methyl sites for hydroxylation is 1. The van der Waals surface area contributed by atoms with Crippen molar-refractivity contribution in [3.8, 4) is 0 Å². The quantitative estimate of drug-likeness (QED) is 0.820. The number of nitrogens with one attached hydrogen (secondary N) is 1. The number of pyridine rings is 1. The molecule has 0 bridgehead atoms. The van der Waals surface area contributed by atoms with Gasteiger partial charge in [-0.25, -0.2) is 4.98 Å². The van der Waals surface area contributed by atoms with Crippen molar-refractivity contribution in [1.82, 2.24) is 4.98 Å². The van der Waals surface area contributed by atoms with Crippen LogP contribution in [-0.4, -0.2) is 22.5 Å². The van der Waals surface area contributed by atoms with Gasteiger partial charge in [-0.15, -0.1) is 0 Å². The normalized spacial score (nSPS) is 12.8. The first kappa shape index (κ1) is 13.4. The number of thioether (sulfide) groups is 1. The molecule has 1 heterocycles. The van der Waals surface area contributed by atoms with Crippen LogP contribution in [0.3, 0.4) is 0 Å². The molecule has 90 valence electrons. The van der Waals surface area contributed by atoms with Gasteiger partial charge in [0.2, 0.25) is 0 Å². The van der Waals surface area contributed by atoms with Gasteiger partial charge in [0, 0.05) is 17.5 Å². The van der Waals surface area contributed by atoms with Crippen LogP contribution in [0.5, 0.6) is 0 Å². The molecule has 2 nitrogen and oxygen atoms in total. The lowest BCUT2D eigenvalue weighted by Crippen LogP contribution is -2.19. The summed E-state index contributed by atoms with van der Waals surface area (Å²) in [5, 5.41) is 3.42. The van der Waals surface area contributed by atoms with Gasteiger partial charge in [0.15, 0.2) is 0 Å². The molecule has 0 fully saturated rings. The van der Waals surface area contributed by atoms with Gasteiger partial charge in [0.25, 0.3) is 0 Å². The minimum absolute atomic E-state index is 0.470. The summed E-state index contributed by atoms with van der Waals surface area (Å²) in [6.45, 7) is 8.74. The topological polar surface area (TPSA) is 24.9 Å². The molecule has 1 aromatic heterocycles. The monoisotopic (exact) mass is 238 g/mol. The van der Waals surface area contributed by atoms with Crippen molar-refractivity contribution in [2.24, 2.45) is 5.92 Å². The molecule has 1 N–H and O–H groups in total. The summed E-state index contributed by atoms with van der Waals surface area (Å²) in [5.41, 5.74) is 1.06. The van der Waals surface area contributed by atoms with E-state index in [4.69, 9.17) is 0 Å². The minimum atomic E-state index is 0.470. The largest absolute Gasteiger partial charge is 0.367 e. The first-order valence-electron chi connectivity index (χ1n) is 5.86. The second kappa shape index (κ2) is 6.79. The van der Waals surface area contributed by atoms with Crippen molar-refractivity contribution >= 4 is 17.6 Å². The summed E-state index contributed by atoms with van der Waals surface area (Å²) in [6, 6.07) is 6.55. The summed E-state index contributed by atoms with van der Waals surface area (Å²) in [6.07, 6.45) is 0. The Balaban J connectivity index is 2.31. The summed E-state index contributed by atoms with van der Waals surface area (Å²) >= 11 is 2.00. The second-order valence-corrected chi connectivity index (χ2v) is 5.72. The van der Waals surface area contributed by atoms with E-state index in [2.05, 4.69) is 31.1 Å². The van der Waals surface area contributed by atoms with Gasteiger partial charge in [-0.1, -0.05) is 19.9 Å². The van der Waals surface area contributed by atoms with Crippen molar-refractivity contribution in [2.75, 3.05) is 16.8 Å². The van der Waals surface area contributed by atoms with E-state index in [1.165, 1.54) is 5.75 Å². The summed E-state index contributed by atoms with van der Waals surface area (Å²) in [7, 11) is 0. The lowest BCUT2D eigenvalue weighted by Gasteiger charge is -2.15. The average molecular weight is 238 g/mol. The number of aromatic nitrogens is 1. The standard InChI is InChI=1S/C13H22N2S/c1-10(2)8-16-9-12(4)15-13-7-5-6-11(3)14-13/h5-7,10,12H,8-9H2,1-4H3,(H,14,15). The molecule has 0 radical (unpaired) electrons. The van der Waals surface area contributed by atoms with Gasteiger partial charge in [0.05, 0.1) is 0 Å². The van der Waals surface area contributed by atoms with Crippen LogP contribution in [0, 0.1) is 12.8 Å². The summed E-state index contributed by atoms with van der Waals surface area (Å²) in [4.78, 5) is 4.44. The van der Waals surface area contributed by atoms with E-state index >= 15 is 0 Å². The number of hydrogen-bond donors (Lipinski definition) is 1. The van der Waals surface area contributed by atoms with Crippen LogP contribution in [-0.2, 0) is 0 Å². The number of rotatable bonds is 6. The molecule has 0 aromatic carbocycles. The molecule has 0 aliphatic heterocycles. The van der Waals surface area contributed by atoms with Crippen LogP contribution >= 0.6 is 11.8 Å². The van der Waals surface area contributed by atoms with Gasteiger partial charge < -0.3 is 5.32 Å². The number of anilines is 1. The van der Waals surface area contributed by atoms with E-state index in [9.17, 15) is 0 Å².